The van der Waals surface area contributed by atoms with Crippen molar-refractivity contribution in [2.45, 2.75) is 13.3 Å². The van der Waals surface area contributed by atoms with Gasteiger partial charge in [-0.25, -0.2) is 0 Å². The number of pyridine rings is 1. The van der Waals surface area contributed by atoms with Crippen LogP contribution in [0.15, 0.2) is 70.4 Å². The second-order valence-corrected chi connectivity index (χ2v) is 11.3. The standard InChI is InChI=1S/C30H29N5O2S2/c1-21-24(19-26-29(37)35(30(38)39-26)14-13-22-9-5-3-6-10-22)27(32(2)28(36)25(21)20-31)34-17-15-33(16-18-34)23-11-7-4-8-12-23/h3-12,19H,13-18H2,1-2H3/b26-19-. The number of thiocarbonyl (C=S) groups is 1. The van der Waals surface area contributed by atoms with E-state index in [2.05, 4.69) is 28.0 Å². The van der Waals surface area contributed by atoms with E-state index in [9.17, 15) is 14.9 Å². The second kappa shape index (κ2) is 11.5. The van der Waals surface area contributed by atoms with E-state index in [1.54, 1.807) is 23.4 Å². The number of nitrogens with zero attached hydrogens (tertiary/aromatic N) is 5. The van der Waals surface area contributed by atoms with Crippen molar-refractivity contribution in [2.75, 3.05) is 42.5 Å². The molecular formula is C30H29N5O2S2. The number of thioether (sulfide) groups is 1. The van der Waals surface area contributed by atoms with E-state index < -0.39 is 0 Å². The Morgan fingerprint density at radius 3 is 2.23 bits per heavy atom. The fourth-order valence-electron chi connectivity index (χ4n) is 5.12. The predicted octanol–water partition coefficient (Wildman–Crippen LogP) is 4.34. The van der Waals surface area contributed by atoms with E-state index in [1.165, 1.54) is 17.4 Å². The number of anilines is 2. The van der Waals surface area contributed by atoms with E-state index >= 15 is 0 Å². The molecule has 39 heavy (non-hydrogen) atoms. The minimum absolute atomic E-state index is 0.0926. The van der Waals surface area contributed by atoms with Gasteiger partial charge in [0.15, 0.2) is 0 Å². The van der Waals surface area contributed by atoms with Crippen LogP contribution >= 0.6 is 24.0 Å². The lowest BCUT2D eigenvalue weighted by atomic mass is 10.0. The van der Waals surface area contributed by atoms with Gasteiger partial charge in [-0.05, 0) is 42.7 Å². The van der Waals surface area contributed by atoms with E-state index in [1.807, 2.05) is 54.6 Å². The van der Waals surface area contributed by atoms with Gasteiger partial charge in [-0.3, -0.25) is 19.1 Å². The highest BCUT2D eigenvalue weighted by atomic mass is 32.2. The molecule has 2 aliphatic heterocycles. The number of amides is 1. The van der Waals surface area contributed by atoms with Crippen LogP contribution in [0.5, 0.6) is 0 Å². The van der Waals surface area contributed by atoms with Gasteiger partial charge in [0, 0.05) is 51.0 Å². The quantitative estimate of drug-likeness (QED) is 0.331. The summed E-state index contributed by atoms with van der Waals surface area (Å²) < 4.78 is 2.06. The number of piperazine rings is 1. The maximum absolute atomic E-state index is 13.4. The van der Waals surface area contributed by atoms with Crippen molar-refractivity contribution < 1.29 is 4.79 Å². The molecule has 1 amide bonds. The molecule has 7 nitrogen and oxygen atoms in total. The van der Waals surface area contributed by atoms with Crippen LogP contribution in [-0.2, 0) is 18.3 Å². The molecule has 2 saturated heterocycles. The van der Waals surface area contributed by atoms with Gasteiger partial charge >= 0.3 is 0 Å². The van der Waals surface area contributed by atoms with E-state index in [0.717, 1.165) is 24.5 Å². The van der Waals surface area contributed by atoms with Gasteiger partial charge in [-0.1, -0.05) is 72.5 Å². The molecule has 0 saturated carbocycles. The SMILES string of the molecule is Cc1c(/C=C2\SC(=S)N(CCc3ccccc3)C2=O)c(N2CCN(c3ccccc3)CC2)n(C)c(=O)c1C#N. The lowest BCUT2D eigenvalue weighted by molar-refractivity contribution is -0.122. The lowest BCUT2D eigenvalue weighted by Gasteiger charge is -2.38. The molecule has 3 heterocycles. The number of nitriles is 1. The van der Waals surface area contributed by atoms with Gasteiger partial charge in [-0.2, -0.15) is 5.26 Å². The summed E-state index contributed by atoms with van der Waals surface area (Å²) >= 11 is 6.84. The second-order valence-electron chi connectivity index (χ2n) is 9.59. The fourth-order valence-corrected chi connectivity index (χ4v) is 6.41. The molecule has 9 heteroatoms. The van der Waals surface area contributed by atoms with Crippen LogP contribution < -0.4 is 15.4 Å². The third-order valence-electron chi connectivity index (χ3n) is 7.28. The molecular weight excluding hydrogens is 526 g/mol. The van der Waals surface area contributed by atoms with Crippen molar-refractivity contribution in [1.29, 1.82) is 5.26 Å². The Labute approximate surface area is 237 Å². The molecule has 0 radical (unpaired) electrons. The average Bonchev–Trinajstić information content (AvgIpc) is 3.23. The van der Waals surface area contributed by atoms with Crippen molar-refractivity contribution >= 4 is 51.8 Å². The summed E-state index contributed by atoms with van der Waals surface area (Å²) in [6.45, 7) is 5.26. The molecule has 0 atom stereocenters. The lowest BCUT2D eigenvalue weighted by Crippen LogP contribution is -2.48. The summed E-state index contributed by atoms with van der Waals surface area (Å²) in [4.78, 5) is 33.2. The number of rotatable bonds is 6. The summed E-state index contributed by atoms with van der Waals surface area (Å²) in [5, 5.41) is 9.78. The maximum atomic E-state index is 13.4. The third-order valence-corrected chi connectivity index (χ3v) is 8.66. The van der Waals surface area contributed by atoms with Crippen LogP contribution in [-0.4, -0.2) is 52.4 Å². The molecule has 198 valence electrons. The molecule has 0 N–H and O–H groups in total. The Kier molecular flexibility index (Phi) is 7.87. The number of carbonyl (C=O) groups excluding carboxylic acids is 1. The first-order chi connectivity index (χ1) is 18.9. The van der Waals surface area contributed by atoms with Gasteiger partial charge in [0.1, 0.15) is 21.8 Å². The molecule has 0 aliphatic carbocycles. The number of carbonyl (C=O) groups is 1. The number of hydrogen-bond acceptors (Lipinski definition) is 7. The van der Waals surface area contributed by atoms with Crippen molar-refractivity contribution in [3.8, 4) is 6.07 Å². The zero-order valence-electron chi connectivity index (χ0n) is 22.0. The zero-order chi connectivity index (χ0) is 27.5. The van der Waals surface area contributed by atoms with Crippen LogP contribution in [0, 0.1) is 18.3 Å². The largest absolute Gasteiger partial charge is 0.368 e. The van der Waals surface area contributed by atoms with Gasteiger partial charge < -0.3 is 9.80 Å². The van der Waals surface area contributed by atoms with Crippen LogP contribution in [0.4, 0.5) is 11.5 Å². The highest BCUT2D eigenvalue weighted by molar-refractivity contribution is 8.26. The number of benzene rings is 2. The topological polar surface area (TPSA) is 72.6 Å². The minimum atomic E-state index is -0.331. The van der Waals surface area contributed by atoms with Gasteiger partial charge in [-0.15, -0.1) is 0 Å². The Morgan fingerprint density at radius 1 is 0.974 bits per heavy atom. The third kappa shape index (κ3) is 5.35. The molecule has 2 aliphatic rings. The van der Waals surface area contributed by atoms with Crippen LogP contribution in [0.25, 0.3) is 6.08 Å². The van der Waals surface area contributed by atoms with E-state index in [4.69, 9.17) is 12.2 Å². The van der Waals surface area contributed by atoms with Gasteiger partial charge in [0.2, 0.25) is 0 Å². The summed E-state index contributed by atoms with van der Waals surface area (Å²) in [6.07, 6.45) is 2.52. The smallest absolute Gasteiger partial charge is 0.270 e. The summed E-state index contributed by atoms with van der Waals surface area (Å²) in [7, 11) is 1.70. The van der Waals surface area contributed by atoms with Gasteiger partial charge in [0.25, 0.3) is 11.5 Å². The Hall–Kier alpha value is -3.87. The zero-order valence-corrected chi connectivity index (χ0v) is 23.6. The molecule has 0 unspecified atom stereocenters. The number of aromatic nitrogens is 1. The van der Waals surface area contributed by atoms with Crippen LogP contribution in [0.1, 0.15) is 22.3 Å². The van der Waals surface area contributed by atoms with Crippen LogP contribution in [0.3, 0.4) is 0 Å². The monoisotopic (exact) mass is 555 g/mol. The fraction of sp³-hybridized carbons (Fsp3) is 0.267. The highest BCUT2D eigenvalue weighted by Crippen LogP contribution is 2.36. The van der Waals surface area contributed by atoms with Crippen LogP contribution in [0.2, 0.25) is 0 Å². The molecule has 0 spiro atoms. The normalized spacial score (nSPS) is 16.7. The molecule has 2 fully saturated rings. The summed E-state index contributed by atoms with van der Waals surface area (Å²) in [5.74, 6) is 0.575. The summed E-state index contributed by atoms with van der Waals surface area (Å²) in [6, 6.07) is 22.4. The Balaban J connectivity index is 1.46. The maximum Gasteiger partial charge on any atom is 0.270 e. The molecule has 1 aromatic heterocycles. The first-order valence-corrected chi connectivity index (χ1v) is 14.1. The van der Waals surface area contributed by atoms with Crippen molar-refractivity contribution in [2.24, 2.45) is 7.05 Å². The molecule has 0 bridgehead atoms. The Morgan fingerprint density at radius 2 is 1.59 bits per heavy atom. The van der Waals surface area contributed by atoms with E-state index in [0.29, 0.717) is 46.4 Å². The van der Waals surface area contributed by atoms with Crippen molar-refractivity contribution in [3.05, 3.63) is 98.2 Å². The predicted molar refractivity (Wildman–Crippen MR) is 162 cm³/mol. The molecule has 3 aromatic rings. The molecule has 2 aromatic carbocycles. The Bertz CT molecular complexity index is 1540. The van der Waals surface area contributed by atoms with Gasteiger partial charge in [0.05, 0.1) is 4.91 Å². The van der Waals surface area contributed by atoms with Crippen molar-refractivity contribution in [3.63, 3.8) is 0 Å². The number of para-hydroxylation sites is 1. The first kappa shape index (κ1) is 26.7. The minimum Gasteiger partial charge on any atom is -0.368 e. The molecule has 5 rings (SSSR count). The highest BCUT2D eigenvalue weighted by Gasteiger charge is 2.33. The first-order valence-electron chi connectivity index (χ1n) is 12.9. The average molecular weight is 556 g/mol. The van der Waals surface area contributed by atoms with Crippen molar-refractivity contribution in [1.82, 2.24) is 9.47 Å². The summed E-state index contributed by atoms with van der Waals surface area (Å²) in [5.41, 5.74) is 3.36. The number of hydrogen-bond donors (Lipinski definition) is 0. The van der Waals surface area contributed by atoms with E-state index in [-0.39, 0.29) is 17.0 Å².